The number of amides is 2. The number of benzene rings is 2. The van der Waals surface area contributed by atoms with Crippen molar-refractivity contribution in [2.45, 2.75) is 26.8 Å². The van der Waals surface area contributed by atoms with Gasteiger partial charge in [-0.2, -0.15) is 5.10 Å². The molecule has 1 unspecified atom stereocenters. The Balaban J connectivity index is 2.06. The molecular formula is C23H29N5O4. The number of para-hydroxylation sites is 2. The molecule has 1 atom stereocenters. The van der Waals surface area contributed by atoms with Gasteiger partial charge in [0.1, 0.15) is 12.6 Å². The second-order valence-electron chi connectivity index (χ2n) is 6.98. The lowest BCUT2D eigenvalue weighted by atomic mass is 10.1. The Hall–Kier alpha value is -3.88. The summed E-state index contributed by atoms with van der Waals surface area (Å²) in [7, 11) is 1.65. The molecule has 32 heavy (non-hydrogen) atoms. The van der Waals surface area contributed by atoms with Crippen LogP contribution < -0.4 is 20.8 Å². The molecule has 0 spiro atoms. The molecule has 0 aliphatic heterocycles. The quantitative estimate of drug-likeness (QED) is 0.241. The molecule has 2 N–H and O–H groups in total. The Labute approximate surface area is 188 Å². The predicted molar refractivity (Wildman–Crippen MR) is 124 cm³/mol. The zero-order valence-corrected chi connectivity index (χ0v) is 18.7. The number of hydrogen-bond donors (Lipinski definition) is 2. The van der Waals surface area contributed by atoms with Gasteiger partial charge in [-0.3, -0.25) is 30.2 Å². The highest BCUT2D eigenvalue weighted by molar-refractivity contribution is 5.98. The normalized spacial score (nSPS) is 11.8. The van der Waals surface area contributed by atoms with Gasteiger partial charge < -0.3 is 9.64 Å². The van der Waals surface area contributed by atoms with Crippen molar-refractivity contribution >= 4 is 35.4 Å². The SMILES string of the molecule is CCOC(=O)CN(C=O)c1ccccc1N(C)NC(=O)C(C)N/N=C(\C)c1ccccc1. The number of hydrazone groups is 1. The molecule has 2 aromatic rings. The first-order valence-corrected chi connectivity index (χ1v) is 10.2. The number of nitrogens with one attached hydrogen (secondary N) is 2. The van der Waals surface area contributed by atoms with Crippen LogP contribution in [0.25, 0.3) is 0 Å². The Morgan fingerprint density at radius 1 is 1.09 bits per heavy atom. The fraction of sp³-hybridized carbons (Fsp3) is 0.304. The molecule has 2 aromatic carbocycles. The monoisotopic (exact) mass is 439 g/mol. The van der Waals surface area contributed by atoms with Crippen LogP contribution in [0.15, 0.2) is 59.7 Å². The van der Waals surface area contributed by atoms with Gasteiger partial charge in [0.05, 0.1) is 23.7 Å². The molecule has 0 saturated carbocycles. The zero-order valence-electron chi connectivity index (χ0n) is 18.7. The lowest BCUT2D eigenvalue weighted by Crippen LogP contribution is -2.48. The van der Waals surface area contributed by atoms with Gasteiger partial charge in [-0.05, 0) is 38.5 Å². The smallest absolute Gasteiger partial charge is 0.326 e. The third-order valence-electron chi connectivity index (χ3n) is 4.57. The number of esters is 1. The topological polar surface area (TPSA) is 103 Å². The van der Waals surface area contributed by atoms with Gasteiger partial charge >= 0.3 is 5.97 Å². The molecule has 0 fully saturated rings. The van der Waals surface area contributed by atoms with Crippen LogP contribution in [-0.4, -0.2) is 50.2 Å². The maximum atomic E-state index is 12.6. The van der Waals surface area contributed by atoms with Crippen LogP contribution in [-0.2, 0) is 19.1 Å². The number of hydrazine groups is 1. The van der Waals surface area contributed by atoms with Crippen molar-refractivity contribution in [2.75, 3.05) is 30.1 Å². The van der Waals surface area contributed by atoms with Gasteiger partial charge in [-0.25, -0.2) is 0 Å². The molecule has 9 heteroatoms. The Kier molecular flexibility index (Phi) is 9.22. The first-order valence-electron chi connectivity index (χ1n) is 10.2. The largest absolute Gasteiger partial charge is 0.465 e. The lowest BCUT2D eigenvalue weighted by Gasteiger charge is -2.27. The minimum Gasteiger partial charge on any atom is -0.465 e. The molecule has 2 amide bonds. The van der Waals surface area contributed by atoms with E-state index in [2.05, 4.69) is 16.0 Å². The van der Waals surface area contributed by atoms with E-state index in [0.717, 1.165) is 11.3 Å². The van der Waals surface area contributed by atoms with Crippen LogP contribution in [0.1, 0.15) is 26.3 Å². The van der Waals surface area contributed by atoms with Crippen LogP contribution >= 0.6 is 0 Å². The summed E-state index contributed by atoms with van der Waals surface area (Å²) in [6.45, 7) is 5.23. The fourth-order valence-electron chi connectivity index (χ4n) is 2.83. The van der Waals surface area contributed by atoms with Gasteiger partial charge in [0.25, 0.3) is 5.91 Å². The predicted octanol–water partition coefficient (Wildman–Crippen LogP) is 2.08. The molecule has 0 heterocycles. The maximum Gasteiger partial charge on any atom is 0.326 e. The van der Waals surface area contributed by atoms with Crippen molar-refractivity contribution in [1.29, 1.82) is 0 Å². The summed E-state index contributed by atoms with van der Waals surface area (Å²) in [6.07, 6.45) is 0.552. The van der Waals surface area contributed by atoms with E-state index in [4.69, 9.17) is 4.74 Å². The van der Waals surface area contributed by atoms with Gasteiger partial charge in [0, 0.05) is 7.05 Å². The Bertz CT molecular complexity index is 948. The minimum atomic E-state index is -0.620. The molecule has 0 aliphatic rings. The molecule has 0 bridgehead atoms. The number of nitrogens with zero attached hydrogens (tertiary/aromatic N) is 3. The molecule has 0 aromatic heterocycles. The summed E-state index contributed by atoms with van der Waals surface area (Å²) in [6, 6.07) is 15.9. The van der Waals surface area contributed by atoms with Crippen LogP contribution in [0.3, 0.4) is 0 Å². The molecular weight excluding hydrogens is 410 g/mol. The Morgan fingerprint density at radius 3 is 2.34 bits per heavy atom. The van der Waals surface area contributed by atoms with Crippen molar-refractivity contribution in [3.05, 3.63) is 60.2 Å². The molecule has 0 aliphatic carbocycles. The first-order chi connectivity index (χ1) is 15.4. The standard InChI is InChI=1S/C23H29N5O4/c1-5-32-22(30)15-28(16-29)21-14-10-9-13-20(21)27(4)26-23(31)18(3)25-24-17(2)19-11-7-6-8-12-19/h6-14,16,18,25H,5,15H2,1-4H3,(H,26,31)/b24-17+. The highest BCUT2D eigenvalue weighted by atomic mass is 16.5. The number of hydrogen-bond acceptors (Lipinski definition) is 7. The highest BCUT2D eigenvalue weighted by Crippen LogP contribution is 2.26. The van der Waals surface area contributed by atoms with Crippen molar-refractivity contribution in [2.24, 2.45) is 5.10 Å². The van der Waals surface area contributed by atoms with Crippen molar-refractivity contribution in [3.63, 3.8) is 0 Å². The maximum absolute atomic E-state index is 12.6. The number of carbonyl (C=O) groups excluding carboxylic acids is 3. The average molecular weight is 440 g/mol. The lowest BCUT2D eigenvalue weighted by molar-refractivity contribution is -0.141. The number of anilines is 2. The zero-order chi connectivity index (χ0) is 23.5. The molecule has 0 saturated heterocycles. The summed E-state index contributed by atoms with van der Waals surface area (Å²) >= 11 is 0. The summed E-state index contributed by atoms with van der Waals surface area (Å²) in [5, 5.41) is 5.78. The third kappa shape index (κ3) is 6.83. The highest BCUT2D eigenvalue weighted by Gasteiger charge is 2.19. The molecule has 9 nitrogen and oxygen atoms in total. The third-order valence-corrected chi connectivity index (χ3v) is 4.57. The van der Waals surface area contributed by atoms with Gasteiger partial charge in [-0.15, -0.1) is 0 Å². The number of ether oxygens (including phenoxy) is 1. The minimum absolute atomic E-state index is 0.222. The van der Waals surface area contributed by atoms with Crippen molar-refractivity contribution in [1.82, 2.24) is 10.9 Å². The van der Waals surface area contributed by atoms with Gasteiger partial charge in [-0.1, -0.05) is 42.5 Å². The summed E-state index contributed by atoms with van der Waals surface area (Å²) in [4.78, 5) is 37.3. The van der Waals surface area contributed by atoms with Crippen LogP contribution in [0.4, 0.5) is 11.4 Å². The van der Waals surface area contributed by atoms with Gasteiger partial charge in [0.15, 0.2) is 0 Å². The molecule has 2 rings (SSSR count). The van der Waals surface area contributed by atoms with E-state index in [1.807, 2.05) is 37.3 Å². The van der Waals surface area contributed by atoms with E-state index < -0.39 is 12.0 Å². The Morgan fingerprint density at radius 2 is 1.72 bits per heavy atom. The average Bonchev–Trinajstić information content (AvgIpc) is 2.81. The summed E-state index contributed by atoms with van der Waals surface area (Å²) in [5.74, 6) is -0.847. The second kappa shape index (κ2) is 12.1. The van der Waals surface area contributed by atoms with E-state index in [1.165, 1.54) is 9.91 Å². The van der Waals surface area contributed by atoms with E-state index in [1.54, 1.807) is 45.2 Å². The van der Waals surface area contributed by atoms with Crippen molar-refractivity contribution < 1.29 is 19.1 Å². The van der Waals surface area contributed by atoms with Crippen LogP contribution in [0.5, 0.6) is 0 Å². The first kappa shape index (κ1) is 24.4. The van der Waals surface area contributed by atoms with E-state index in [0.29, 0.717) is 17.8 Å². The summed E-state index contributed by atoms with van der Waals surface area (Å²) < 4.78 is 4.93. The number of rotatable bonds is 11. The second-order valence-corrected chi connectivity index (χ2v) is 6.98. The fourth-order valence-corrected chi connectivity index (χ4v) is 2.83. The number of carbonyl (C=O) groups is 3. The molecule has 170 valence electrons. The van der Waals surface area contributed by atoms with E-state index in [9.17, 15) is 14.4 Å². The van der Waals surface area contributed by atoms with Crippen molar-refractivity contribution in [3.8, 4) is 0 Å². The van der Waals surface area contributed by atoms with Gasteiger partial charge in [0.2, 0.25) is 6.41 Å². The van der Waals surface area contributed by atoms with Crippen LogP contribution in [0.2, 0.25) is 0 Å². The summed E-state index contributed by atoms with van der Waals surface area (Å²) in [5.41, 5.74) is 8.31. The van der Waals surface area contributed by atoms with Crippen LogP contribution in [0, 0.1) is 0 Å². The van der Waals surface area contributed by atoms with E-state index >= 15 is 0 Å². The molecule has 0 radical (unpaired) electrons. The van der Waals surface area contributed by atoms with E-state index in [-0.39, 0.29) is 19.1 Å².